The Bertz CT molecular complexity index is 1200. The van der Waals surface area contributed by atoms with Crippen molar-refractivity contribution in [3.05, 3.63) is 46.6 Å². The largest absolute Gasteiger partial charge is 0.507 e. The number of aliphatic hydroxyl groups is 4. The maximum absolute atomic E-state index is 12.5. The molecule has 1 aliphatic rings. The van der Waals surface area contributed by atoms with Gasteiger partial charge in [-0.1, -0.05) is 0 Å². The van der Waals surface area contributed by atoms with Gasteiger partial charge in [0.1, 0.15) is 52.6 Å². The summed E-state index contributed by atoms with van der Waals surface area (Å²) in [5.41, 5.74) is -0.413. The van der Waals surface area contributed by atoms with Crippen molar-refractivity contribution in [2.45, 2.75) is 30.7 Å². The molecule has 5 atom stereocenters. The Balaban J connectivity index is 1.72. The van der Waals surface area contributed by atoms with Crippen LogP contribution in [-0.2, 0) is 4.74 Å². The number of hydrogen-bond donors (Lipinski definition) is 7. The molecule has 1 fully saturated rings. The van der Waals surface area contributed by atoms with E-state index in [0.717, 1.165) is 12.1 Å². The van der Waals surface area contributed by atoms with Gasteiger partial charge in [-0.25, -0.2) is 0 Å². The van der Waals surface area contributed by atoms with Gasteiger partial charge in [0.25, 0.3) is 0 Å². The summed E-state index contributed by atoms with van der Waals surface area (Å²) in [6.07, 6.45) is -7.61. The van der Waals surface area contributed by atoms with Crippen molar-refractivity contribution >= 4 is 11.0 Å². The Morgan fingerprint density at radius 3 is 2.31 bits per heavy atom. The molecule has 1 aliphatic heterocycles. The molecule has 4 rings (SSSR count). The number of aromatic hydroxyl groups is 3. The standard InChI is InChI=1S/C21H20O11/c22-7-16-18(27)19(28)20(29)21(32-16)30-9-4-12(25)17-13(26)6-14(31-15(17)5-9)8-1-2-10(23)11(24)3-8/h1-6,16,18-25,27-29H,7H2/t16-,18-,19+,20-,21?/m1/s1. The van der Waals surface area contributed by atoms with Crippen LogP contribution in [0.4, 0.5) is 0 Å². The van der Waals surface area contributed by atoms with Crippen LogP contribution in [0.2, 0.25) is 0 Å². The second-order valence-electron chi connectivity index (χ2n) is 7.31. The monoisotopic (exact) mass is 448 g/mol. The Hall–Kier alpha value is -3.35. The SMILES string of the molecule is O=c1cc(-c2ccc(O)c(O)c2)oc2cc(OC3O[C@H](CO)[C@@H](O)[C@H](O)[C@H]3O)cc(O)c12. The molecular weight excluding hydrogens is 428 g/mol. The Kier molecular flexibility index (Phi) is 5.67. The number of phenolic OH excluding ortho intramolecular Hbond substituents is 3. The fourth-order valence-electron chi connectivity index (χ4n) is 3.43. The Labute approximate surface area is 179 Å². The molecule has 0 amide bonds. The predicted octanol–water partition coefficient (Wildman–Crippen LogP) is -0.245. The number of benzene rings is 2. The van der Waals surface area contributed by atoms with Crippen LogP contribution < -0.4 is 10.2 Å². The number of hydrogen-bond acceptors (Lipinski definition) is 11. The lowest BCUT2D eigenvalue weighted by molar-refractivity contribution is -0.277. The molecule has 0 radical (unpaired) electrons. The van der Waals surface area contributed by atoms with Crippen molar-refractivity contribution in [1.29, 1.82) is 0 Å². The molecule has 1 saturated heterocycles. The second-order valence-corrected chi connectivity index (χ2v) is 7.31. The zero-order valence-corrected chi connectivity index (χ0v) is 16.3. The Morgan fingerprint density at radius 2 is 1.62 bits per heavy atom. The molecular formula is C21H20O11. The molecule has 11 heteroatoms. The average molecular weight is 448 g/mol. The highest BCUT2D eigenvalue weighted by atomic mass is 16.7. The lowest BCUT2D eigenvalue weighted by Crippen LogP contribution is -2.60. The summed E-state index contributed by atoms with van der Waals surface area (Å²) >= 11 is 0. The summed E-state index contributed by atoms with van der Waals surface area (Å²) in [6, 6.07) is 7.23. The van der Waals surface area contributed by atoms with Crippen LogP contribution in [0.25, 0.3) is 22.3 Å². The topological polar surface area (TPSA) is 190 Å². The van der Waals surface area contributed by atoms with Crippen molar-refractivity contribution < 1.29 is 49.6 Å². The van der Waals surface area contributed by atoms with Gasteiger partial charge in [0.15, 0.2) is 16.9 Å². The summed E-state index contributed by atoms with van der Waals surface area (Å²) in [6.45, 7) is -0.647. The maximum atomic E-state index is 12.5. The summed E-state index contributed by atoms with van der Waals surface area (Å²) in [5, 5.41) is 68.5. The van der Waals surface area contributed by atoms with Crippen molar-refractivity contribution in [2.24, 2.45) is 0 Å². The highest BCUT2D eigenvalue weighted by Gasteiger charge is 2.44. The number of ether oxygens (including phenoxy) is 2. The molecule has 1 aromatic heterocycles. The number of aliphatic hydroxyl groups excluding tert-OH is 4. The van der Waals surface area contributed by atoms with E-state index in [9.17, 15) is 40.5 Å². The first-order valence-electron chi connectivity index (χ1n) is 9.50. The first-order chi connectivity index (χ1) is 15.2. The van der Waals surface area contributed by atoms with Crippen LogP contribution in [-0.4, -0.2) is 73.1 Å². The highest BCUT2D eigenvalue weighted by molar-refractivity contribution is 5.86. The van der Waals surface area contributed by atoms with Crippen molar-refractivity contribution in [1.82, 2.24) is 0 Å². The minimum Gasteiger partial charge on any atom is -0.507 e. The third kappa shape index (κ3) is 3.83. The first kappa shape index (κ1) is 21.9. The predicted molar refractivity (Wildman–Crippen MR) is 107 cm³/mol. The summed E-state index contributed by atoms with van der Waals surface area (Å²) in [5.74, 6) is -1.34. The molecule has 32 heavy (non-hydrogen) atoms. The highest BCUT2D eigenvalue weighted by Crippen LogP contribution is 2.35. The van der Waals surface area contributed by atoms with E-state index in [-0.39, 0.29) is 33.8 Å². The van der Waals surface area contributed by atoms with Crippen LogP contribution in [0.5, 0.6) is 23.0 Å². The van der Waals surface area contributed by atoms with Gasteiger partial charge in [0.2, 0.25) is 6.29 Å². The molecule has 0 aliphatic carbocycles. The van der Waals surface area contributed by atoms with E-state index in [4.69, 9.17) is 13.9 Å². The Morgan fingerprint density at radius 1 is 0.875 bits per heavy atom. The molecule has 7 N–H and O–H groups in total. The molecule has 0 saturated carbocycles. The summed E-state index contributed by atoms with van der Waals surface area (Å²) in [7, 11) is 0. The quantitative estimate of drug-likeness (QED) is 0.261. The van der Waals surface area contributed by atoms with Crippen LogP contribution in [0.3, 0.4) is 0 Å². The smallest absolute Gasteiger partial charge is 0.229 e. The molecule has 170 valence electrons. The molecule has 0 bridgehead atoms. The third-order valence-electron chi connectivity index (χ3n) is 5.14. The maximum Gasteiger partial charge on any atom is 0.229 e. The first-order valence-corrected chi connectivity index (χ1v) is 9.50. The lowest BCUT2D eigenvalue weighted by atomic mass is 9.99. The molecule has 2 aromatic carbocycles. The van der Waals surface area contributed by atoms with Gasteiger partial charge < -0.3 is 49.6 Å². The number of rotatable bonds is 4. The van der Waals surface area contributed by atoms with Gasteiger partial charge in [0, 0.05) is 23.8 Å². The lowest BCUT2D eigenvalue weighted by Gasteiger charge is -2.39. The van der Waals surface area contributed by atoms with Gasteiger partial charge in [-0.2, -0.15) is 0 Å². The molecule has 1 unspecified atom stereocenters. The van der Waals surface area contributed by atoms with E-state index in [0.29, 0.717) is 0 Å². The normalized spacial score (nSPS) is 25.7. The van der Waals surface area contributed by atoms with Crippen LogP contribution in [0, 0.1) is 0 Å². The van der Waals surface area contributed by atoms with Gasteiger partial charge >= 0.3 is 0 Å². The van der Waals surface area contributed by atoms with Gasteiger partial charge in [-0.05, 0) is 18.2 Å². The van der Waals surface area contributed by atoms with E-state index >= 15 is 0 Å². The molecule has 2 heterocycles. The fraction of sp³-hybridized carbons (Fsp3) is 0.286. The van der Waals surface area contributed by atoms with Crippen molar-refractivity contribution in [2.75, 3.05) is 6.61 Å². The van der Waals surface area contributed by atoms with E-state index in [1.165, 1.54) is 24.3 Å². The van der Waals surface area contributed by atoms with E-state index in [1.54, 1.807) is 0 Å². The minimum absolute atomic E-state index is 0.0298. The zero-order valence-electron chi connectivity index (χ0n) is 16.3. The number of phenols is 3. The molecule has 11 nitrogen and oxygen atoms in total. The van der Waals surface area contributed by atoms with Gasteiger partial charge in [-0.15, -0.1) is 0 Å². The van der Waals surface area contributed by atoms with Gasteiger partial charge in [0.05, 0.1) is 6.61 Å². The van der Waals surface area contributed by atoms with E-state index < -0.39 is 54.2 Å². The average Bonchev–Trinajstić information content (AvgIpc) is 2.75. The van der Waals surface area contributed by atoms with E-state index in [1.807, 2.05) is 0 Å². The second kappa shape index (κ2) is 8.30. The number of fused-ring (bicyclic) bond motifs is 1. The van der Waals surface area contributed by atoms with Crippen LogP contribution in [0.1, 0.15) is 0 Å². The van der Waals surface area contributed by atoms with E-state index in [2.05, 4.69) is 0 Å². The van der Waals surface area contributed by atoms with Gasteiger partial charge in [-0.3, -0.25) is 4.79 Å². The molecule has 3 aromatic rings. The minimum atomic E-state index is -1.68. The zero-order chi connectivity index (χ0) is 23.2. The van der Waals surface area contributed by atoms with Crippen LogP contribution >= 0.6 is 0 Å². The molecule has 0 spiro atoms. The third-order valence-corrected chi connectivity index (χ3v) is 5.14. The van der Waals surface area contributed by atoms with Crippen molar-refractivity contribution in [3.8, 4) is 34.3 Å². The van der Waals surface area contributed by atoms with Crippen molar-refractivity contribution in [3.63, 3.8) is 0 Å². The van der Waals surface area contributed by atoms with Crippen LogP contribution in [0.15, 0.2) is 45.6 Å². The summed E-state index contributed by atoms with van der Waals surface area (Å²) in [4.78, 5) is 12.5. The fourth-order valence-corrected chi connectivity index (χ4v) is 3.43. The summed E-state index contributed by atoms with van der Waals surface area (Å²) < 4.78 is 16.4.